The molecule has 0 spiro atoms. The summed E-state index contributed by atoms with van der Waals surface area (Å²) < 4.78 is 24.7. The van der Waals surface area contributed by atoms with E-state index in [0.717, 1.165) is 18.2 Å². The summed E-state index contributed by atoms with van der Waals surface area (Å²) in [6.45, 7) is 1.90. The van der Waals surface area contributed by atoms with Crippen LogP contribution in [0, 0.1) is 15.9 Å². The largest absolute Gasteiger partial charge is 0.329 e. The number of nitro groups is 1. The molecule has 1 aromatic rings. The molecule has 2 atom stereocenters. The highest BCUT2D eigenvalue weighted by Gasteiger charge is 2.18. The molecule has 94 valence electrons. The van der Waals surface area contributed by atoms with Crippen LogP contribution >= 0.6 is 0 Å². The molecule has 0 fully saturated rings. The van der Waals surface area contributed by atoms with Crippen molar-refractivity contribution in [1.29, 1.82) is 0 Å². The summed E-state index contributed by atoms with van der Waals surface area (Å²) in [6.07, 6.45) is 0. The van der Waals surface area contributed by atoms with Crippen LogP contribution in [0.1, 0.15) is 12.5 Å². The van der Waals surface area contributed by atoms with Gasteiger partial charge in [0.05, 0.1) is 10.7 Å². The van der Waals surface area contributed by atoms with E-state index in [2.05, 4.69) is 0 Å². The van der Waals surface area contributed by atoms with E-state index in [-0.39, 0.29) is 28.8 Å². The molecule has 0 aliphatic rings. The molecular formula is C10H13FN2O3S. The van der Waals surface area contributed by atoms with Gasteiger partial charge in [0, 0.05) is 34.2 Å². The molecule has 0 saturated carbocycles. The van der Waals surface area contributed by atoms with E-state index < -0.39 is 21.5 Å². The second kappa shape index (κ2) is 5.83. The summed E-state index contributed by atoms with van der Waals surface area (Å²) in [5.41, 5.74) is 5.27. The van der Waals surface area contributed by atoms with Gasteiger partial charge in [0.2, 0.25) is 0 Å². The van der Waals surface area contributed by atoms with E-state index in [1.165, 1.54) is 0 Å². The summed E-state index contributed by atoms with van der Waals surface area (Å²) in [6, 6.07) is 3.13. The molecule has 1 rings (SSSR count). The standard InChI is InChI=1S/C10H13FN2O3S/c1-7(5-12)17(16)6-8-4-9(11)2-3-10(8)13(14)15/h2-4,7H,5-6,12H2,1H3. The summed E-state index contributed by atoms with van der Waals surface area (Å²) in [7, 11) is -1.35. The molecule has 0 heterocycles. The minimum Gasteiger partial charge on any atom is -0.329 e. The summed E-state index contributed by atoms with van der Waals surface area (Å²) in [5.74, 6) is -0.644. The lowest BCUT2D eigenvalue weighted by atomic mass is 10.2. The van der Waals surface area contributed by atoms with Crippen LogP contribution in [0.4, 0.5) is 10.1 Å². The maximum absolute atomic E-state index is 13.0. The Bertz CT molecular complexity index is 453. The van der Waals surface area contributed by atoms with E-state index in [0.29, 0.717) is 0 Å². The number of benzene rings is 1. The van der Waals surface area contributed by atoms with Gasteiger partial charge in [-0.3, -0.25) is 14.3 Å². The van der Waals surface area contributed by atoms with Crippen molar-refractivity contribution in [3.8, 4) is 0 Å². The number of rotatable bonds is 5. The molecule has 0 saturated heterocycles. The number of nitrogens with zero attached hydrogens (tertiary/aromatic N) is 1. The predicted octanol–water partition coefficient (Wildman–Crippen LogP) is 1.33. The zero-order valence-corrected chi connectivity index (χ0v) is 10.1. The van der Waals surface area contributed by atoms with Crippen molar-refractivity contribution >= 4 is 16.5 Å². The molecule has 2 N–H and O–H groups in total. The van der Waals surface area contributed by atoms with Crippen molar-refractivity contribution in [2.24, 2.45) is 5.73 Å². The molecule has 7 heteroatoms. The predicted molar refractivity (Wildman–Crippen MR) is 63.4 cm³/mol. The van der Waals surface area contributed by atoms with E-state index in [1.807, 2.05) is 0 Å². The molecular weight excluding hydrogens is 247 g/mol. The highest BCUT2D eigenvalue weighted by Crippen LogP contribution is 2.21. The number of halogens is 1. The number of hydrogen-bond acceptors (Lipinski definition) is 4. The number of nitrogens with two attached hydrogens (primary N) is 1. The lowest BCUT2D eigenvalue weighted by Crippen LogP contribution is -2.23. The van der Waals surface area contributed by atoms with Gasteiger partial charge in [-0.1, -0.05) is 0 Å². The van der Waals surface area contributed by atoms with E-state index in [9.17, 15) is 18.7 Å². The van der Waals surface area contributed by atoms with Crippen molar-refractivity contribution < 1.29 is 13.5 Å². The van der Waals surface area contributed by atoms with Crippen molar-refractivity contribution in [3.05, 3.63) is 39.7 Å². The summed E-state index contributed by atoms with van der Waals surface area (Å²) in [4.78, 5) is 10.1. The molecule has 0 aliphatic heterocycles. The van der Waals surface area contributed by atoms with Crippen LogP contribution in [-0.2, 0) is 16.6 Å². The van der Waals surface area contributed by atoms with Gasteiger partial charge in [-0.15, -0.1) is 0 Å². The molecule has 2 unspecified atom stereocenters. The molecule has 17 heavy (non-hydrogen) atoms. The minimum absolute atomic E-state index is 0.0631. The first-order valence-corrected chi connectivity index (χ1v) is 6.34. The molecule has 0 bridgehead atoms. The van der Waals surface area contributed by atoms with E-state index in [1.54, 1.807) is 6.92 Å². The normalized spacial score (nSPS) is 14.3. The first-order chi connectivity index (χ1) is 7.95. The topological polar surface area (TPSA) is 86.2 Å². The highest BCUT2D eigenvalue weighted by atomic mass is 32.2. The fourth-order valence-corrected chi connectivity index (χ4v) is 2.29. The van der Waals surface area contributed by atoms with Gasteiger partial charge in [-0.25, -0.2) is 4.39 Å². The summed E-state index contributed by atoms with van der Waals surface area (Å²) in [5, 5.41) is 10.4. The molecule has 0 aliphatic carbocycles. The van der Waals surface area contributed by atoms with Crippen LogP contribution in [0.3, 0.4) is 0 Å². The van der Waals surface area contributed by atoms with Crippen LogP contribution in [0.25, 0.3) is 0 Å². The van der Waals surface area contributed by atoms with Crippen molar-refractivity contribution in [1.82, 2.24) is 0 Å². The number of nitro benzene ring substituents is 1. The monoisotopic (exact) mass is 260 g/mol. The maximum atomic E-state index is 13.0. The van der Waals surface area contributed by atoms with Crippen LogP contribution in [0.15, 0.2) is 18.2 Å². The van der Waals surface area contributed by atoms with Crippen LogP contribution in [0.2, 0.25) is 0 Å². The lowest BCUT2D eigenvalue weighted by molar-refractivity contribution is -0.385. The van der Waals surface area contributed by atoms with Gasteiger partial charge in [0.15, 0.2) is 0 Å². The van der Waals surface area contributed by atoms with Crippen LogP contribution < -0.4 is 5.73 Å². The summed E-state index contributed by atoms with van der Waals surface area (Å²) >= 11 is 0. The number of hydrogen-bond donors (Lipinski definition) is 1. The Morgan fingerprint density at radius 3 is 2.76 bits per heavy atom. The van der Waals surface area contributed by atoms with Gasteiger partial charge in [0.25, 0.3) is 5.69 Å². The Morgan fingerprint density at radius 2 is 2.24 bits per heavy atom. The first kappa shape index (κ1) is 13.7. The third kappa shape index (κ3) is 3.57. The van der Waals surface area contributed by atoms with Gasteiger partial charge in [-0.2, -0.15) is 0 Å². The third-order valence-electron chi connectivity index (χ3n) is 2.32. The maximum Gasteiger partial charge on any atom is 0.273 e. The minimum atomic E-state index is -1.35. The van der Waals surface area contributed by atoms with Gasteiger partial charge < -0.3 is 5.73 Å². The highest BCUT2D eigenvalue weighted by molar-refractivity contribution is 7.84. The zero-order chi connectivity index (χ0) is 13.0. The smallest absolute Gasteiger partial charge is 0.273 e. The molecule has 1 aromatic carbocycles. The fourth-order valence-electron chi connectivity index (χ4n) is 1.25. The van der Waals surface area contributed by atoms with Crippen molar-refractivity contribution in [2.75, 3.05) is 6.54 Å². The van der Waals surface area contributed by atoms with E-state index in [4.69, 9.17) is 5.73 Å². The van der Waals surface area contributed by atoms with Crippen molar-refractivity contribution in [2.45, 2.75) is 17.9 Å². The second-order valence-corrected chi connectivity index (χ2v) is 5.46. The quantitative estimate of drug-likeness (QED) is 0.639. The lowest BCUT2D eigenvalue weighted by Gasteiger charge is -2.08. The Morgan fingerprint density at radius 1 is 1.59 bits per heavy atom. The Balaban J connectivity index is 3.00. The molecule has 0 radical (unpaired) electrons. The first-order valence-electron chi connectivity index (χ1n) is 4.95. The van der Waals surface area contributed by atoms with Crippen LogP contribution in [0.5, 0.6) is 0 Å². The second-order valence-electron chi connectivity index (χ2n) is 3.60. The van der Waals surface area contributed by atoms with Crippen molar-refractivity contribution in [3.63, 3.8) is 0 Å². The Kier molecular flexibility index (Phi) is 4.71. The molecule has 0 aromatic heterocycles. The molecule has 0 amide bonds. The zero-order valence-electron chi connectivity index (χ0n) is 9.26. The van der Waals surface area contributed by atoms with Crippen LogP contribution in [-0.4, -0.2) is 20.9 Å². The molecule has 5 nitrogen and oxygen atoms in total. The van der Waals surface area contributed by atoms with E-state index >= 15 is 0 Å². The Hall–Kier alpha value is -1.34. The van der Waals surface area contributed by atoms with Gasteiger partial charge in [0.1, 0.15) is 5.82 Å². The average molecular weight is 260 g/mol. The van der Waals surface area contributed by atoms with Gasteiger partial charge in [-0.05, 0) is 19.1 Å². The SMILES string of the molecule is CC(CN)S(=O)Cc1cc(F)ccc1[N+](=O)[O-]. The average Bonchev–Trinajstić information content (AvgIpc) is 2.27. The fraction of sp³-hybridized carbons (Fsp3) is 0.400. The van der Waals surface area contributed by atoms with Gasteiger partial charge >= 0.3 is 0 Å². The Labute approximate surface area is 100 Å². The third-order valence-corrected chi connectivity index (χ3v) is 4.00.